The average molecular weight is 340 g/mol. The zero-order chi connectivity index (χ0) is 18.1. The largest absolute Gasteiger partial charge is 0.497 e. The van der Waals surface area contributed by atoms with Crippen molar-refractivity contribution >= 4 is 6.03 Å². The minimum atomic E-state index is -0.0368. The van der Waals surface area contributed by atoms with Crippen LogP contribution in [0.5, 0.6) is 5.75 Å². The fourth-order valence-corrected chi connectivity index (χ4v) is 2.68. The monoisotopic (exact) mass is 340 g/mol. The van der Waals surface area contributed by atoms with Gasteiger partial charge in [-0.2, -0.15) is 0 Å². The van der Waals surface area contributed by atoms with Gasteiger partial charge >= 0.3 is 6.03 Å². The molecule has 0 spiro atoms. The Morgan fingerprint density at radius 3 is 2.48 bits per heavy atom. The first-order valence-corrected chi connectivity index (χ1v) is 8.82. The lowest BCUT2D eigenvalue weighted by molar-refractivity contribution is 0.207. The van der Waals surface area contributed by atoms with Crippen LogP contribution in [0.25, 0.3) is 0 Å². The highest BCUT2D eigenvalue weighted by atomic mass is 16.5. The van der Waals surface area contributed by atoms with Gasteiger partial charge in [0.25, 0.3) is 0 Å². The first-order chi connectivity index (χ1) is 12.1. The van der Waals surface area contributed by atoms with Gasteiger partial charge in [0, 0.05) is 20.1 Å². The minimum absolute atomic E-state index is 0.0368. The van der Waals surface area contributed by atoms with Crippen LogP contribution in [0.15, 0.2) is 48.5 Å². The highest BCUT2D eigenvalue weighted by Gasteiger charge is 2.08. The van der Waals surface area contributed by atoms with Crippen molar-refractivity contribution in [3.05, 3.63) is 65.2 Å². The minimum Gasteiger partial charge on any atom is -0.497 e. The fraction of sp³-hybridized carbons (Fsp3) is 0.381. The molecule has 2 rings (SSSR count). The zero-order valence-corrected chi connectivity index (χ0v) is 15.4. The second-order valence-electron chi connectivity index (χ2n) is 6.21. The second-order valence-corrected chi connectivity index (χ2v) is 6.21. The number of methoxy groups -OCH3 is 1. The van der Waals surface area contributed by atoms with E-state index in [0.717, 1.165) is 30.6 Å². The summed E-state index contributed by atoms with van der Waals surface area (Å²) in [6, 6.07) is 16.4. The Morgan fingerprint density at radius 1 is 1.08 bits per heavy atom. The number of benzene rings is 2. The molecule has 4 nitrogen and oxygen atoms in total. The van der Waals surface area contributed by atoms with Gasteiger partial charge in [-0.3, -0.25) is 0 Å². The van der Waals surface area contributed by atoms with E-state index >= 15 is 0 Å². The molecule has 0 aliphatic rings. The Morgan fingerprint density at radius 2 is 1.80 bits per heavy atom. The van der Waals surface area contributed by atoms with Crippen LogP contribution in [-0.4, -0.2) is 31.6 Å². The Balaban J connectivity index is 1.71. The molecule has 4 heteroatoms. The molecule has 0 aromatic heterocycles. The highest BCUT2D eigenvalue weighted by molar-refractivity contribution is 5.73. The molecule has 0 heterocycles. The summed E-state index contributed by atoms with van der Waals surface area (Å²) in [5.41, 5.74) is 3.68. The molecule has 2 aromatic carbocycles. The van der Waals surface area contributed by atoms with Gasteiger partial charge in [0.15, 0.2) is 0 Å². The van der Waals surface area contributed by atoms with Crippen molar-refractivity contribution in [2.45, 2.75) is 32.7 Å². The van der Waals surface area contributed by atoms with Gasteiger partial charge in [-0.25, -0.2) is 4.79 Å². The van der Waals surface area contributed by atoms with Crippen molar-refractivity contribution in [1.82, 2.24) is 10.2 Å². The molecule has 0 saturated heterocycles. The predicted octanol–water partition coefficient (Wildman–Crippen LogP) is 4.03. The summed E-state index contributed by atoms with van der Waals surface area (Å²) in [6.07, 6.45) is 2.85. The number of nitrogens with one attached hydrogen (secondary N) is 1. The van der Waals surface area contributed by atoms with Crippen LogP contribution in [0.2, 0.25) is 0 Å². The maximum Gasteiger partial charge on any atom is 0.317 e. The number of aryl methyl sites for hydroxylation is 2. The van der Waals surface area contributed by atoms with Crippen molar-refractivity contribution in [2.24, 2.45) is 0 Å². The van der Waals surface area contributed by atoms with Gasteiger partial charge in [-0.15, -0.1) is 0 Å². The van der Waals surface area contributed by atoms with E-state index in [-0.39, 0.29) is 6.03 Å². The van der Waals surface area contributed by atoms with E-state index in [1.807, 2.05) is 25.2 Å². The topological polar surface area (TPSA) is 41.6 Å². The number of rotatable bonds is 8. The zero-order valence-electron chi connectivity index (χ0n) is 15.4. The number of amides is 2. The van der Waals surface area contributed by atoms with Crippen LogP contribution in [0, 0.1) is 0 Å². The van der Waals surface area contributed by atoms with E-state index < -0.39 is 0 Å². The summed E-state index contributed by atoms with van der Waals surface area (Å²) in [5, 5.41) is 2.98. The first kappa shape index (κ1) is 18.8. The van der Waals surface area contributed by atoms with E-state index in [9.17, 15) is 4.79 Å². The van der Waals surface area contributed by atoms with Crippen LogP contribution in [0.3, 0.4) is 0 Å². The lowest BCUT2D eigenvalue weighted by Crippen LogP contribution is -2.37. The van der Waals surface area contributed by atoms with Crippen LogP contribution >= 0.6 is 0 Å². The van der Waals surface area contributed by atoms with Crippen LogP contribution < -0.4 is 10.1 Å². The molecule has 1 N–H and O–H groups in total. The molecular formula is C21H28N2O2. The maximum absolute atomic E-state index is 12.2. The summed E-state index contributed by atoms with van der Waals surface area (Å²) >= 11 is 0. The molecule has 2 amide bonds. The van der Waals surface area contributed by atoms with Crippen LogP contribution in [-0.2, 0) is 19.4 Å². The number of hydrogen-bond donors (Lipinski definition) is 1. The SMILES string of the molecule is CCc1ccc(CN(C)C(=O)NCCCc2cccc(OC)c2)cc1. The molecule has 2 aromatic rings. The third-order valence-electron chi connectivity index (χ3n) is 4.25. The van der Waals surface area contributed by atoms with Gasteiger partial charge in [0.1, 0.15) is 5.75 Å². The summed E-state index contributed by atoms with van der Waals surface area (Å²) in [7, 11) is 3.50. The average Bonchev–Trinajstić information content (AvgIpc) is 2.65. The molecule has 0 atom stereocenters. The maximum atomic E-state index is 12.2. The summed E-state index contributed by atoms with van der Waals surface area (Å²) < 4.78 is 5.23. The molecule has 134 valence electrons. The van der Waals surface area contributed by atoms with Crippen molar-refractivity contribution in [2.75, 3.05) is 20.7 Å². The predicted molar refractivity (Wildman–Crippen MR) is 102 cm³/mol. The number of nitrogens with zero attached hydrogens (tertiary/aromatic N) is 1. The molecular weight excluding hydrogens is 312 g/mol. The lowest BCUT2D eigenvalue weighted by Gasteiger charge is -2.18. The van der Waals surface area contributed by atoms with Crippen molar-refractivity contribution < 1.29 is 9.53 Å². The van der Waals surface area contributed by atoms with Crippen LogP contribution in [0.1, 0.15) is 30.0 Å². The third-order valence-corrected chi connectivity index (χ3v) is 4.25. The number of carbonyl (C=O) groups is 1. The molecule has 0 radical (unpaired) electrons. The fourth-order valence-electron chi connectivity index (χ4n) is 2.68. The van der Waals surface area contributed by atoms with Gasteiger partial charge in [0.2, 0.25) is 0 Å². The molecule has 0 saturated carbocycles. The van der Waals surface area contributed by atoms with Crippen LogP contribution in [0.4, 0.5) is 4.79 Å². The Bertz CT molecular complexity index is 668. The molecule has 0 unspecified atom stereocenters. The summed E-state index contributed by atoms with van der Waals surface area (Å²) in [6.45, 7) is 3.42. The van der Waals surface area contributed by atoms with Crippen molar-refractivity contribution in [1.29, 1.82) is 0 Å². The Labute approximate surface area is 150 Å². The third kappa shape index (κ3) is 6.14. The normalized spacial score (nSPS) is 10.4. The van der Waals surface area contributed by atoms with Gasteiger partial charge in [-0.05, 0) is 48.1 Å². The van der Waals surface area contributed by atoms with E-state index in [1.165, 1.54) is 11.1 Å². The molecule has 0 fully saturated rings. The molecule has 0 aliphatic heterocycles. The number of urea groups is 1. The van der Waals surface area contributed by atoms with E-state index in [0.29, 0.717) is 13.1 Å². The Kier molecular flexibility index (Phi) is 7.33. The van der Waals surface area contributed by atoms with E-state index in [1.54, 1.807) is 12.0 Å². The van der Waals surface area contributed by atoms with Crippen molar-refractivity contribution in [3.63, 3.8) is 0 Å². The summed E-state index contributed by atoms with van der Waals surface area (Å²) in [4.78, 5) is 13.9. The highest BCUT2D eigenvalue weighted by Crippen LogP contribution is 2.13. The number of hydrogen-bond acceptors (Lipinski definition) is 2. The van der Waals surface area contributed by atoms with Crippen molar-refractivity contribution in [3.8, 4) is 5.75 Å². The lowest BCUT2D eigenvalue weighted by atomic mass is 10.1. The summed E-state index contributed by atoms with van der Waals surface area (Å²) in [5.74, 6) is 0.871. The van der Waals surface area contributed by atoms with E-state index in [2.05, 4.69) is 42.6 Å². The van der Waals surface area contributed by atoms with Gasteiger partial charge in [0.05, 0.1) is 7.11 Å². The molecule has 25 heavy (non-hydrogen) atoms. The number of ether oxygens (including phenoxy) is 1. The molecule has 0 aliphatic carbocycles. The smallest absolute Gasteiger partial charge is 0.317 e. The first-order valence-electron chi connectivity index (χ1n) is 8.82. The molecule has 0 bridgehead atoms. The number of carbonyl (C=O) groups excluding carboxylic acids is 1. The van der Waals surface area contributed by atoms with Gasteiger partial charge < -0.3 is 15.0 Å². The Hall–Kier alpha value is -2.49. The quantitative estimate of drug-likeness (QED) is 0.737. The van der Waals surface area contributed by atoms with Gasteiger partial charge in [-0.1, -0.05) is 43.3 Å². The second kappa shape index (κ2) is 9.72. The van der Waals surface area contributed by atoms with E-state index in [4.69, 9.17) is 4.74 Å². The standard InChI is InChI=1S/C21H28N2O2/c1-4-17-10-12-19(13-11-17)16-23(2)21(24)22-14-6-8-18-7-5-9-20(15-18)25-3/h5,7,9-13,15H,4,6,8,14,16H2,1-3H3,(H,22,24).